The summed E-state index contributed by atoms with van der Waals surface area (Å²) in [4.78, 5) is 21.5. The Kier molecular flexibility index (Phi) is 5.19. The first kappa shape index (κ1) is 16.4. The van der Waals surface area contributed by atoms with E-state index in [9.17, 15) is 9.59 Å². The van der Waals surface area contributed by atoms with E-state index in [1.54, 1.807) is 24.3 Å². The normalized spacial score (nSPS) is 11.5. The second kappa shape index (κ2) is 7.31. The molecule has 0 bridgehead atoms. The van der Waals surface area contributed by atoms with Crippen LogP contribution in [0.1, 0.15) is 27.6 Å². The van der Waals surface area contributed by atoms with Crippen LogP contribution in [0.15, 0.2) is 48.5 Å². The van der Waals surface area contributed by atoms with E-state index in [0.717, 1.165) is 0 Å². The highest BCUT2D eigenvalue weighted by molar-refractivity contribution is 5.88. The molecule has 0 unspecified atom stereocenters. The summed E-state index contributed by atoms with van der Waals surface area (Å²) in [5, 5.41) is 17.6. The first-order valence-corrected chi connectivity index (χ1v) is 6.92. The van der Waals surface area contributed by atoms with Gasteiger partial charge in [0, 0.05) is 0 Å². The summed E-state index contributed by atoms with van der Waals surface area (Å²) >= 11 is 0. The van der Waals surface area contributed by atoms with Gasteiger partial charge in [-0.15, -0.1) is 0 Å². The molecule has 0 radical (unpaired) electrons. The molecule has 2 N–H and O–H groups in total. The van der Waals surface area contributed by atoms with E-state index < -0.39 is 11.9 Å². The molecule has 0 aliphatic carbocycles. The average molecular weight is 316 g/mol. The Morgan fingerprint density at radius 3 is 1.74 bits per heavy atom. The zero-order valence-electron chi connectivity index (χ0n) is 12.4. The summed E-state index contributed by atoms with van der Waals surface area (Å²) in [6, 6.07) is 12.2. The average Bonchev–Trinajstić information content (AvgIpc) is 2.54. The fourth-order valence-corrected chi connectivity index (χ4v) is 1.85. The van der Waals surface area contributed by atoms with E-state index in [2.05, 4.69) is 0 Å². The fourth-order valence-electron chi connectivity index (χ4n) is 1.85. The van der Waals surface area contributed by atoms with E-state index in [0.29, 0.717) is 11.5 Å². The van der Waals surface area contributed by atoms with Crippen LogP contribution in [0.25, 0.3) is 0 Å². The molecule has 0 aliphatic heterocycles. The van der Waals surface area contributed by atoms with Crippen molar-refractivity contribution in [1.82, 2.24) is 0 Å². The van der Waals surface area contributed by atoms with E-state index in [-0.39, 0.29) is 23.8 Å². The van der Waals surface area contributed by atoms with Crippen LogP contribution < -0.4 is 9.47 Å². The third-order valence-corrected chi connectivity index (χ3v) is 3.02. The van der Waals surface area contributed by atoms with Gasteiger partial charge in [-0.3, -0.25) is 0 Å². The number of hydrogen-bond donors (Lipinski definition) is 2. The molecule has 0 aliphatic rings. The van der Waals surface area contributed by atoms with Crippen LogP contribution in [0, 0.1) is 0 Å². The molecule has 6 heteroatoms. The highest BCUT2D eigenvalue weighted by atomic mass is 16.5. The zero-order valence-corrected chi connectivity index (χ0v) is 12.4. The van der Waals surface area contributed by atoms with Gasteiger partial charge >= 0.3 is 11.9 Å². The van der Waals surface area contributed by atoms with Crippen molar-refractivity contribution in [3.05, 3.63) is 59.7 Å². The van der Waals surface area contributed by atoms with Crippen LogP contribution in [-0.4, -0.2) is 34.9 Å². The molecule has 0 heterocycles. The van der Waals surface area contributed by atoms with Crippen LogP contribution >= 0.6 is 0 Å². The van der Waals surface area contributed by atoms with Gasteiger partial charge in [-0.25, -0.2) is 9.59 Å². The number of aromatic carboxylic acids is 2. The van der Waals surface area contributed by atoms with Crippen LogP contribution in [-0.2, 0) is 0 Å². The van der Waals surface area contributed by atoms with Crippen molar-refractivity contribution in [1.29, 1.82) is 0 Å². The van der Waals surface area contributed by atoms with Crippen LogP contribution in [0.4, 0.5) is 0 Å². The summed E-state index contributed by atoms with van der Waals surface area (Å²) in [7, 11) is 0. The summed E-state index contributed by atoms with van der Waals surface area (Å²) in [5.41, 5.74) is 0.389. The molecule has 0 fully saturated rings. The van der Waals surface area contributed by atoms with Crippen molar-refractivity contribution < 1.29 is 29.3 Å². The monoisotopic (exact) mass is 316 g/mol. The maximum atomic E-state index is 10.8. The summed E-state index contributed by atoms with van der Waals surface area (Å²) in [5.74, 6) is -0.880. The lowest BCUT2D eigenvalue weighted by Crippen LogP contribution is -2.21. The number of carboxylic acid groups (broad SMARTS) is 2. The van der Waals surface area contributed by atoms with Crippen molar-refractivity contribution in [3.63, 3.8) is 0 Å². The number of hydrogen-bond acceptors (Lipinski definition) is 4. The zero-order chi connectivity index (χ0) is 16.8. The third kappa shape index (κ3) is 4.74. The number of ether oxygens (including phenoxy) is 2. The molecule has 1 atom stereocenters. The van der Waals surface area contributed by atoms with Crippen molar-refractivity contribution in [2.24, 2.45) is 0 Å². The Balaban J connectivity index is 1.85. The number of carboxylic acids is 2. The van der Waals surface area contributed by atoms with Gasteiger partial charge < -0.3 is 19.7 Å². The topological polar surface area (TPSA) is 93.1 Å². The summed E-state index contributed by atoms with van der Waals surface area (Å²) < 4.78 is 11.1. The lowest BCUT2D eigenvalue weighted by Gasteiger charge is -2.15. The molecule has 2 rings (SSSR count). The molecule has 0 spiro atoms. The highest BCUT2D eigenvalue weighted by Gasteiger charge is 2.08. The third-order valence-electron chi connectivity index (χ3n) is 3.02. The Morgan fingerprint density at radius 1 is 0.870 bits per heavy atom. The van der Waals surface area contributed by atoms with Gasteiger partial charge in [-0.1, -0.05) is 0 Å². The molecule has 0 saturated carbocycles. The lowest BCUT2D eigenvalue weighted by molar-refractivity contribution is 0.0685. The Bertz CT molecular complexity index is 675. The van der Waals surface area contributed by atoms with Crippen LogP contribution in [0.3, 0.4) is 0 Å². The highest BCUT2D eigenvalue weighted by Crippen LogP contribution is 2.16. The smallest absolute Gasteiger partial charge is 0.335 e. The van der Waals surface area contributed by atoms with Gasteiger partial charge in [0.05, 0.1) is 11.1 Å². The van der Waals surface area contributed by atoms with Gasteiger partial charge in [-0.2, -0.15) is 0 Å². The molecule has 0 saturated heterocycles. The van der Waals surface area contributed by atoms with E-state index in [1.165, 1.54) is 24.3 Å². The standard InChI is InChI=1S/C17H16O6/c1-11(23-15-8-4-13(5-9-15)17(20)21)10-22-14-6-2-12(3-7-14)16(18)19/h2-9,11H,10H2,1H3,(H,18,19)(H,20,21)/t11-/m0/s1. The van der Waals surface area contributed by atoms with E-state index in [1.807, 2.05) is 6.92 Å². The molecular weight excluding hydrogens is 300 g/mol. The molecule has 23 heavy (non-hydrogen) atoms. The minimum absolute atomic E-state index is 0.194. The van der Waals surface area contributed by atoms with Gasteiger partial charge in [0.2, 0.25) is 0 Å². The molecule has 0 aromatic heterocycles. The summed E-state index contributed by atoms with van der Waals surface area (Å²) in [6.07, 6.45) is -0.259. The first-order valence-electron chi connectivity index (χ1n) is 6.92. The Morgan fingerprint density at radius 2 is 1.30 bits per heavy atom. The van der Waals surface area contributed by atoms with Crippen LogP contribution in [0.2, 0.25) is 0 Å². The lowest BCUT2D eigenvalue weighted by atomic mass is 10.2. The maximum Gasteiger partial charge on any atom is 0.335 e. The van der Waals surface area contributed by atoms with Gasteiger partial charge in [-0.05, 0) is 55.5 Å². The maximum absolute atomic E-state index is 10.8. The number of rotatable bonds is 7. The molecule has 120 valence electrons. The van der Waals surface area contributed by atoms with Crippen molar-refractivity contribution in [3.8, 4) is 11.5 Å². The predicted octanol–water partition coefficient (Wildman–Crippen LogP) is 2.93. The molecule has 0 amide bonds. The molecule has 6 nitrogen and oxygen atoms in total. The molecule has 2 aromatic carbocycles. The predicted molar refractivity (Wildman–Crippen MR) is 82.4 cm³/mol. The SMILES string of the molecule is C[C@@H](COc1ccc(C(=O)O)cc1)Oc1ccc(C(=O)O)cc1. The number of benzene rings is 2. The van der Waals surface area contributed by atoms with Gasteiger partial charge in [0.15, 0.2) is 0 Å². The van der Waals surface area contributed by atoms with Crippen LogP contribution in [0.5, 0.6) is 11.5 Å². The molecular formula is C17H16O6. The number of carbonyl (C=O) groups is 2. The quantitative estimate of drug-likeness (QED) is 0.816. The summed E-state index contributed by atoms with van der Waals surface area (Å²) in [6.45, 7) is 2.09. The fraction of sp³-hybridized carbons (Fsp3) is 0.176. The Labute approximate surface area is 132 Å². The van der Waals surface area contributed by atoms with Crippen molar-refractivity contribution in [2.75, 3.05) is 6.61 Å². The second-order valence-electron chi connectivity index (χ2n) is 4.90. The Hall–Kier alpha value is -3.02. The first-order chi connectivity index (χ1) is 11.0. The van der Waals surface area contributed by atoms with Gasteiger partial charge in [0.1, 0.15) is 24.2 Å². The van der Waals surface area contributed by atoms with Crippen molar-refractivity contribution >= 4 is 11.9 Å². The van der Waals surface area contributed by atoms with Crippen molar-refractivity contribution in [2.45, 2.75) is 13.0 Å². The minimum atomic E-state index is -0.988. The molecule has 2 aromatic rings. The van der Waals surface area contributed by atoms with E-state index >= 15 is 0 Å². The van der Waals surface area contributed by atoms with E-state index in [4.69, 9.17) is 19.7 Å². The largest absolute Gasteiger partial charge is 0.490 e. The minimum Gasteiger partial charge on any atom is -0.490 e. The second-order valence-corrected chi connectivity index (χ2v) is 4.90. The van der Waals surface area contributed by atoms with Gasteiger partial charge in [0.25, 0.3) is 0 Å².